The number of phenolic OH excluding ortho intramolecular Hbond substituents is 1. The third-order valence-corrected chi connectivity index (χ3v) is 4.36. The van der Waals surface area contributed by atoms with Gasteiger partial charge in [0.2, 0.25) is 5.76 Å². The average molecular weight is 396 g/mol. The summed E-state index contributed by atoms with van der Waals surface area (Å²) < 4.78 is 15.5. The third kappa shape index (κ3) is 4.29. The first-order valence-electron chi connectivity index (χ1n) is 9.04. The lowest BCUT2D eigenvalue weighted by molar-refractivity contribution is -0.131. The zero-order chi connectivity index (χ0) is 21.1. The highest BCUT2D eigenvalue weighted by molar-refractivity contribution is 6.01. The van der Waals surface area contributed by atoms with Crippen LogP contribution in [0.25, 0.3) is 11.0 Å². The van der Waals surface area contributed by atoms with Gasteiger partial charge in [-0.15, -0.1) is 0 Å². The van der Waals surface area contributed by atoms with Gasteiger partial charge in [-0.2, -0.15) is 0 Å². The van der Waals surface area contributed by atoms with E-state index < -0.39 is 11.9 Å². The van der Waals surface area contributed by atoms with Gasteiger partial charge in [0, 0.05) is 30.4 Å². The molecule has 1 heterocycles. The standard InChI is InChI=1S/C22H20O7/c1-4-27-22(26)21-12(2)17-9-14(5-8-20(17)29-21)10-18(24)16-7-6-15(11-19(16)25)28-13(3)23/h5-9,11,25H,4,10H2,1-3H3. The van der Waals surface area contributed by atoms with Crippen molar-refractivity contribution in [3.05, 3.63) is 58.8 Å². The maximum absolute atomic E-state index is 12.6. The third-order valence-electron chi connectivity index (χ3n) is 4.36. The lowest BCUT2D eigenvalue weighted by atomic mass is 10.00. The number of Topliss-reactive ketones (excluding diaryl/α,β-unsaturated/α-hetero) is 1. The predicted octanol–water partition coefficient (Wildman–Crippen LogP) is 3.97. The highest BCUT2D eigenvalue weighted by Crippen LogP contribution is 2.29. The van der Waals surface area contributed by atoms with E-state index in [1.54, 1.807) is 32.0 Å². The van der Waals surface area contributed by atoms with Crippen LogP contribution in [0.5, 0.6) is 11.5 Å². The van der Waals surface area contributed by atoms with Crippen LogP contribution in [0.1, 0.15) is 45.9 Å². The maximum Gasteiger partial charge on any atom is 0.374 e. The van der Waals surface area contributed by atoms with Gasteiger partial charge >= 0.3 is 11.9 Å². The highest BCUT2D eigenvalue weighted by Gasteiger charge is 2.20. The number of carbonyl (C=O) groups is 3. The Hall–Kier alpha value is -3.61. The molecule has 2 aromatic carbocycles. The molecular formula is C22H20O7. The molecule has 0 aliphatic carbocycles. The van der Waals surface area contributed by atoms with E-state index in [0.717, 1.165) is 0 Å². The minimum absolute atomic E-state index is 0.0375. The van der Waals surface area contributed by atoms with Gasteiger partial charge in [-0.25, -0.2) is 4.79 Å². The monoisotopic (exact) mass is 396 g/mol. The zero-order valence-electron chi connectivity index (χ0n) is 16.3. The number of furan rings is 1. The van der Waals surface area contributed by atoms with Gasteiger partial charge in [0.05, 0.1) is 12.2 Å². The lowest BCUT2D eigenvalue weighted by Gasteiger charge is -2.07. The number of ether oxygens (including phenoxy) is 2. The summed E-state index contributed by atoms with van der Waals surface area (Å²) in [6, 6.07) is 9.28. The van der Waals surface area contributed by atoms with Crippen LogP contribution >= 0.6 is 0 Å². The summed E-state index contributed by atoms with van der Waals surface area (Å²) in [5.41, 5.74) is 1.99. The second kappa shape index (κ2) is 8.18. The van der Waals surface area contributed by atoms with Gasteiger partial charge in [0.15, 0.2) is 5.78 Å². The van der Waals surface area contributed by atoms with Crippen molar-refractivity contribution in [3.63, 3.8) is 0 Å². The fourth-order valence-electron chi connectivity index (χ4n) is 3.03. The SMILES string of the molecule is CCOC(=O)c1oc2ccc(CC(=O)c3ccc(OC(C)=O)cc3O)cc2c1C. The summed E-state index contributed by atoms with van der Waals surface area (Å²) in [5, 5.41) is 10.8. The van der Waals surface area contributed by atoms with Crippen molar-refractivity contribution >= 4 is 28.7 Å². The number of esters is 2. The van der Waals surface area contributed by atoms with Crippen LogP contribution in [-0.2, 0) is 16.0 Å². The van der Waals surface area contributed by atoms with E-state index in [1.165, 1.54) is 25.1 Å². The van der Waals surface area contributed by atoms with Crippen LogP contribution < -0.4 is 4.74 Å². The molecule has 1 aromatic heterocycles. The molecule has 0 saturated carbocycles. The van der Waals surface area contributed by atoms with Gasteiger partial charge in [-0.05, 0) is 43.7 Å². The first kappa shape index (κ1) is 20.1. The Kier molecular flexibility index (Phi) is 5.68. The second-order valence-electron chi connectivity index (χ2n) is 6.48. The average Bonchev–Trinajstić information content (AvgIpc) is 2.98. The summed E-state index contributed by atoms with van der Waals surface area (Å²) in [4.78, 5) is 35.6. The number of hydrogen-bond donors (Lipinski definition) is 1. The van der Waals surface area contributed by atoms with Crippen molar-refractivity contribution in [1.29, 1.82) is 0 Å². The Morgan fingerprint density at radius 3 is 2.52 bits per heavy atom. The molecule has 150 valence electrons. The quantitative estimate of drug-likeness (QED) is 0.382. The first-order chi connectivity index (χ1) is 13.8. The number of fused-ring (bicyclic) bond motifs is 1. The number of ketones is 1. The Labute approximate surface area is 166 Å². The van der Waals surface area contributed by atoms with Crippen molar-refractivity contribution in [1.82, 2.24) is 0 Å². The van der Waals surface area contributed by atoms with Gasteiger partial charge < -0.3 is 19.0 Å². The fourth-order valence-corrected chi connectivity index (χ4v) is 3.03. The summed E-state index contributed by atoms with van der Waals surface area (Å²) >= 11 is 0. The van der Waals surface area contributed by atoms with Crippen LogP contribution in [0.3, 0.4) is 0 Å². The molecule has 7 nitrogen and oxygen atoms in total. The number of phenols is 1. The number of carbonyl (C=O) groups excluding carboxylic acids is 3. The molecule has 0 aliphatic rings. The molecule has 0 spiro atoms. The summed E-state index contributed by atoms with van der Waals surface area (Å²) in [5.74, 6) is -1.31. The molecule has 7 heteroatoms. The van der Waals surface area contributed by atoms with Crippen molar-refractivity contribution in [2.24, 2.45) is 0 Å². The molecule has 0 bridgehead atoms. The number of aromatic hydroxyl groups is 1. The summed E-state index contributed by atoms with van der Waals surface area (Å²) in [6.45, 7) is 4.96. The van der Waals surface area contributed by atoms with Crippen molar-refractivity contribution < 1.29 is 33.4 Å². The Bertz CT molecular complexity index is 1110. The molecule has 29 heavy (non-hydrogen) atoms. The summed E-state index contributed by atoms with van der Waals surface area (Å²) in [6.07, 6.45) is 0.0375. The smallest absolute Gasteiger partial charge is 0.374 e. The first-order valence-corrected chi connectivity index (χ1v) is 9.04. The normalized spacial score (nSPS) is 10.7. The van der Waals surface area contributed by atoms with Crippen molar-refractivity contribution in [2.45, 2.75) is 27.2 Å². The Morgan fingerprint density at radius 2 is 1.86 bits per heavy atom. The molecule has 0 fully saturated rings. The molecule has 0 saturated heterocycles. The second-order valence-corrected chi connectivity index (χ2v) is 6.48. The fraction of sp³-hybridized carbons (Fsp3) is 0.227. The van der Waals surface area contributed by atoms with E-state index in [9.17, 15) is 19.5 Å². The zero-order valence-corrected chi connectivity index (χ0v) is 16.3. The maximum atomic E-state index is 12.6. The van der Waals surface area contributed by atoms with Crippen LogP contribution in [-0.4, -0.2) is 29.4 Å². The van der Waals surface area contributed by atoms with Gasteiger partial charge in [-0.3, -0.25) is 9.59 Å². The highest BCUT2D eigenvalue weighted by atomic mass is 16.5. The van der Waals surface area contributed by atoms with E-state index in [2.05, 4.69) is 0 Å². The van der Waals surface area contributed by atoms with Crippen molar-refractivity contribution in [3.8, 4) is 11.5 Å². The molecule has 0 unspecified atom stereocenters. The molecule has 0 radical (unpaired) electrons. The largest absolute Gasteiger partial charge is 0.507 e. The Balaban J connectivity index is 1.84. The molecule has 0 aliphatic heterocycles. The van der Waals surface area contributed by atoms with Crippen LogP contribution in [0, 0.1) is 6.92 Å². The topological polar surface area (TPSA) is 103 Å². The van der Waals surface area contributed by atoms with E-state index in [1.807, 2.05) is 0 Å². The minimum Gasteiger partial charge on any atom is -0.507 e. The molecule has 3 rings (SSSR count). The minimum atomic E-state index is -0.531. The molecule has 0 atom stereocenters. The summed E-state index contributed by atoms with van der Waals surface area (Å²) in [7, 11) is 0. The van der Waals surface area contributed by atoms with E-state index in [-0.39, 0.29) is 41.6 Å². The van der Waals surface area contributed by atoms with Gasteiger partial charge in [-0.1, -0.05) is 6.07 Å². The number of aryl methyl sites for hydroxylation is 1. The molecule has 1 N–H and O–H groups in total. The lowest BCUT2D eigenvalue weighted by Crippen LogP contribution is -2.05. The number of rotatable bonds is 6. The molecule has 3 aromatic rings. The van der Waals surface area contributed by atoms with Crippen molar-refractivity contribution in [2.75, 3.05) is 6.61 Å². The van der Waals surface area contributed by atoms with Gasteiger partial charge in [0.1, 0.15) is 17.1 Å². The van der Waals surface area contributed by atoms with Crippen LogP contribution in [0.2, 0.25) is 0 Å². The van der Waals surface area contributed by atoms with E-state index in [4.69, 9.17) is 13.9 Å². The molecule has 0 amide bonds. The number of benzene rings is 2. The van der Waals surface area contributed by atoms with E-state index in [0.29, 0.717) is 22.1 Å². The predicted molar refractivity (Wildman–Crippen MR) is 104 cm³/mol. The number of hydrogen-bond acceptors (Lipinski definition) is 7. The molecular weight excluding hydrogens is 376 g/mol. The Morgan fingerprint density at radius 1 is 1.10 bits per heavy atom. The van der Waals surface area contributed by atoms with E-state index >= 15 is 0 Å². The van der Waals surface area contributed by atoms with Gasteiger partial charge in [0.25, 0.3) is 0 Å². The van der Waals surface area contributed by atoms with Crippen LogP contribution in [0.15, 0.2) is 40.8 Å². The van der Waals surface area contributed by atoms with Crippen LogP contribution in [0.4, 0.5) is 0 Å².